The van der Waals surface area contributed by atoms with E-state index >= 15 is 0 Å². The quantitative estimate of drug-likeness (QED) is 0.545. The second kappa shape index (κ2) is 9.53. The maximum atomic E-state index is 12.4. The number of methoxy groups -OCH3 is 3. The van der Waals surface area contributed by atoms with E-state index in [4.69, 9.17) is 25.8 Å². The first kappa shape index (κ1) is 19.4. The number of hydrogen-bond donors (Lipinski definition) is 0. The van der Waals surface area contributed by atoms with E-state index in [2.05, 4.69) is 4.90 Å². The first-order chi connectivity index (χ1) is 12.1. The lowest BCUT2D eigenvalue weighted by Gasteiger charge is -2.33. The minimum absolute atomic E-state index is 0.000671. The van der Waals surface area contributed by atoms with Crippen LogP contribution in [0.15, 0.2) is 18.2 Å². The van der Waals surface area contributed by atoms with Crippen LogP contribution in [-0.2, 0) is 4.79 Å². The molecule has 1 heterocycles. The number of carbonyl (C=O) groups is 1. The van der Waals surface area contributed by atoms with Crippen molar-refractivity contribution in [3.63, 3.8) is 0 Å². The molecule has 1 aliphatic heterocycles. The first-order valence-corrected chi connectivity index (χ1v) is 8.71. The zero-order valence-corrected chi connectivity index (χ0v) is 15.7. The summed E-state index contributed by atoms with van der Waals surface area (Å²) in [7, 11) is 4.69. The van der Waals surface area contributed by atoms with Gasteiger partial charge >= 0.3 is 0 Å². The highest BCUT2D eigenvalue weighted by atomic mass is 35.5. The Labute approximate surface area is 153 Å². The molecule has 0 bridgehead atoms. The Morgan fingerprint density at radius 3 is 2.16 bits per heavy atom. The Morgan fingerprint density at radius 1 is 1.08 bits per heavy atom. The first-order valence-electron chi connectivity index (χ1n) is 8.18. The third kappa shape index (κ3) is 5.03. The Kier molecular flexibility index (Phi) is 7.40. The molecule has 25 heavy (non-hydrogen) atoms. The molecule has 1 aromatic carbocycles. The highest BCUT2D eigenvalue weighted by Gasteiger charge is 2.19. The summed E-state index contributed by atoms with van der Waals surface area (Å²) in [6, 6.07) is 3.62. The molecule has 0 aliphatic carbocycles. The van der Waals surface area contributed by atoms with Crippen molar-refractivity contribution in [2.45, 2.75) is 0 Å². The molecule has 1 aliphatic rings. The fourth-order valence-electron chi connectivity index (χ4n) is 2.78. The smallest absolute Gasteiger partial charge is 0.246 e. The summed E-state index contributed by atoms with van der Waals surface area (Å²) in [4.78, 5) is 16.5. The van der Waals surface area contributed by atoms with Gasteiger partial charge < -0.3 is 19.1 Å². The minimum Gasteiger partial charge on any atom is -0.493 e. The van der Waals surface area contributed by atoms with Gasteiger partial charge in [0.15, 0.2) is 11.5 Å². The largest absolute Gasteiger partial charge is 0.493 e. The molecular weight excluding hydrogens is 344 g/mol. The Hall–Kier alpha value is -1.92. The van der Waals surface area contributed by atoms with E-state index in [0.717, 1.165) is 38.3 Å². The maximum Gasteiger partial charge on any atom is 0.246 e. The number of alkyl halides is 1. The highest BCUT2D eigenvalue weighted by Crippen LogP contribution is 2.38. The maximum absolute atomic E-state index is 12.4. The van der Waals surface area contributed by atoms with Gasteiger partial charge in [-0.25, -0.2) is 0 Å². The van der Waals surface area contributed by atoms with Crippen LogP contribution in [0, 0.1) is 0 Å². The Morgan fingerprint density at radius 2 is 1.68 bits per heavy atom. The molecule has 0 aromatic heterocycles. The van der Waals surface area contributed by atoms with E-state index in [1.807, 2.05) is 17.0 Å². The predicted molar refractivity (Wildman–Crippen MR) is 98.9 cm³/mol. The zero-order valence-electron chi connectivity index (χ0n) is 15.0. The minimum atomic E-state index is -0.000671. The van der Waals surface area contributed by atoms with Crippen LogP contribution < -0.4 is 14.2 Å². The summed E-state index contributed by atoms with van der Waals surface area (Å²) in [5.74, 6) is 2.27. The summed E-state index contributed by atoms with van der Waals surface area (Å²) in [5.41, 5.74) is 0.809. The van der Waals surface area contributed by atoms with Crippen LogP contribution in [0.5, 0.6) is 17.2 Å². The number of amides is 1. The number of benzene rings is 1. The van der Waals surface area contributed by atoms with E-state index < -0.39 is 0 Å². The average Bonchev–Trinajstić information content (AvgIpc) is 2.65. The van der Waals surface area contributed by atoms with Crippen LogP contribution in [0.4, 0.5) is 0 Å². The van der Waals surface area contributed by atoms with Crippen LogP contribution >= 0.6 is 11.6 Å². The standard InChI is InChI=1S/C18H25ClN2O4/c1-23-15-12-14(13-16(24-2)18(15)25-3)4-5-17(22)21-10-8-20(7-6-19)9-11-21/h4-5,12-13H,6-11H2,1-3H3. The second-order valence-corrected chi connectivity index (χ2v) is 6.03. The monoisotopic (exact) mass is 368 g/mol. The molecule has 1 amide bonds. The van der Waals surface area contributed by atoms with Gasteiger partial charge in [-0.3, -0.25) is 9.69 Å². The number of nitrogens with zero attached hydrogens (tertiary/aromatic N) is 2. The van der Waals surface area contributed by atoms with Gasteiger partial charge in [0.2, 0.25) is 11.7 Å². The van der Waals surface area contributed by atoms with Gasteiger partial charge in [0.25, 0.3) is 0 Å². The third-order valence-corrected chi connectivity index (χ3v) is 4.36. The predicted octanol–water partition coefficient (Wildman–Crippen LogP) is 2.11. The van der Waals surface area contributed by atoms with Gasteiger partial charge in [0.1, 0.15) is 0 Å². The number of ether oxygens (including phenoxy) is 3. The Balaban J connectivity index is 2.05. The molecule has 138 valence electrons. The molecule has 0 N–H and O–H groups in total. The van der Waals surface area contributed by atoms with Crippen LogP contribution in [0.2, 0.25) is 0 Å². The molecule has 6 nitrogen and oxygen atoms in total. The molecule has 2 rings (SSSR count). The molecule has 7 heteroatoms. The second-order valence-electron chi connectivity index (χ2n) is 5.65. The fourth-order valence-corrected chi connectivity index (χ4v) is 3.02. The van der Waals surface area contributed by atoms with Gasteiger partial charge in [0, 0.05) is 44.7 Å². The number of rotatable bonds is 7. The van der Waals surface area contributed by atoms with Crippen molar-refractivity contribution >= 4 is 23.6 Å². The van der Waals surface area contributed by atoms with Gasteiger partial charge in [-0.05, 0) is 23.8 Å². The van der Waals surface area contributed by atoms with Crippen molar-refractivity contribution in [3.8, 4) is 17.2 Å². The lowest BCUT2D eigenvalue weighted by molar-refractivity contribution is -0.127. The van der Waals surface area contributed by atoms with Crippen LogP contribution in [-0.4, -0.2) is 75.6 Å². The molecule has 0 unspecified atom stereocenters. The van der Waals surface area contributed by atoms with E-state index in [9.17, 15) is 4.79 Å². The van der Waals surface area contributed by atoms with E-state index in [1.165, 1.54) is 0 Å². The molecule has 1 saturated heterocycles. The van der Waals surface area contributed by atoms with Crippen LogP contribution in [0.3, 0.4) is 0 Å². The van der Waals surface area contributed by atoms with E-state index in [1.54, 1.807) is 33.5 Å². The lowest BCUT2D eigenvalue weighted by atomic mass is 10.1. The van der Waals surface area contributed by atoms with Gasteiger partial charge in [-0.15, -0.1) is 11.6 Å². The molecule has 0 atom stereocenters. The van der Waals surface area contributed by atoms with Crippen molar-refractivity contribution in [2.24, 2.45) is 0 Å². The molecule has 1 fully saturated rings. The summed E-state index contributed by atoms with van der Waals surface area (Å²) in [6.45, 7) is 4.02. The summed E-state index contributed by atoms with van der Waals surface area (Å²) >= 11 is 5.76. The van der Waals surface area contributed by atoms with Crippen LogP contribution in [0.25, 0.3) is 6.08 Å². The third-order valence-electron chi connectivity index (χ3n) is 4.19. The molecular formula is C18H25ClN2O4. The summed E-state index contributed by atoms with van der Waals surface area (Å²) < 4.78 is 16.0. The van der Waals surface area contributed by atoms with Crippen LogP contribution in [0.1, 0.15) is 5.56 Å². The Bertz CT molecular complexity index is 588. The fraction of sp³-hybridized carbons (Fsp3) is 0.500. The SMILES string of the molecule is COc1cc(C=CC(=O)N2CCN(CCCl)CC2)cc(OC)c1OC. The van der Waals surface area contributed by atoms with Gasteiger partial charge in [-0.2, -0.15) is 0 Å². The number of hydrogen-bond acceptors (Lipinski definition) is 5. The number of halogens is 1. The lowest BCUT2D eigenvalue weighted by Crippen LogP contribution is -2.48. The zero-order chi connectivity index (χ0) is 18.2. The van der Waals surface area contributed by atoms with Crippen molar-refractivity contribution in [1.82, 2.24) is 9.80 Å². The van der Waals surface area contributed by atoms with E-state index in [0.29, 0.717) is 23.1 Å². The highest BCUT2D eigenvalue weighted by molar-refractivity contribution is 6.18. The van der Waals surface area contributed by atoms with E-state index in [-0.39, 0.29) is 5.91 Å². The normalized spacial score (nSPS) is 15.4. The number of piperazine rings is 1. The topological polar surface area (TPSA) is 51.2 Å². The molecule has 0 saturated carbocycles. The van der Waals surface area contributed by atoms with Crippen molar-refractivity contribution < 1.29 is 19.0 Å². The van der Waals surface area contributed by atoms with Gasteiger partial charge in [-0.1, -0.05) is 0 Å². The molecule has 0 spiro atoms. The van der Waals surface area contributed by atoms with Crippen molar-refractivity contribution in [3.05, 3.63) is 23.8 Å². The molecule has 0 radical (unpaired) electrons. The van der Waals surface area contributed by atoms with Gasteiger partial charge in [0.05, 0.1) is 21.3 Å². The van der Waals surface area contributed by atoms with Crippen molar-refractivity contribution in [1.29, 1.82) is 0 Å². The molecule has 1 aromatic rings. The van der Waals surface area contributed by atoms with Crippen molar-refractivity contribution in [2.75, 3.05) is 59.9 Å². The summed E-state index contributed by atoms with van der Waals surface area (Å²) in [5, 5.41) is 0. The summed E-state index contributed by atoms with van der Waals surface area (Å²) in [6.07, 6.45) is 3.34. The number of carbonyl (C=O) groups excluding carboxylic acids is 1. The average molecular weight is 369 g/mol.